The number of aromatic nitrogens is 2. The van der Waals surface area contributed by atoms with Crippen LogP contribution in [0.25, 0.3) is 11.3 Å². The third-order valence-corrected chi connectivity index (χ3v) is 5.99. The Morgan fingerprint density at radius 3 is 2.68 bits per heavy atom. The zero-order valence-corrected chi connectivity index (χ0v) is 18.1. The van der Waals surface area contributed by atoms with Gasteiger partial charge in [0.25, 0.3) is 0 Å². The van der Waals surface area contributed by atoms with Crippen molar-refractivity contribution in [2.75, 3.05) is 26.3 Å². The zero-order valence-electron chi connectivity index (χ0n) is 18.1. The summed E-state index contributed by atoms with van der Waals surface area (Å²) in [6.45, 7) is 7.32. The van der Waals surface area contributed by atoms with Crippen LogP contribution in [-0.4, -0.2) is 46.5 Å². The van der Waals surface area contributed by atoms with E-state index >= 15 is 0 Å². The Balaban J connectivity index is 1.46. The van der Waals surface area contributed by atoms with Crippen LogP contribution in [0.2, 0.25) is 0 Å². The first-order valence-electron chi connectivity index (χ1n) is 10.8. The molecule has 4 rings (SSSR count). The molecule has 0 spiro atoms. The second-order valence-corrected chi connectivity index (χ2v) is 8.07. The molecule has 0 amide bonds. The molecule has 0 radical (unpaired) electrons. The van der Waals surface area contributed by atoms with E-state index in [0.717, 1.165) is 42.9 Å². The molecule has 2 aromatic carbocycles. The number of H-pyrrole nitrogens is 1. The molecule has 1 aliphatic rings. The number of likely N-dealkylation sites (tertiary alicyclic amines) is 1. The van der Waals surface area contributed by atoms with E-state index in [1.54, 1.807) is 0 Å². The molecule has 1 aromatic heterocycles. The number of ether oxygens (including phenoxy) is 1. The highest BCUT2D eigenvalue weighted by Crippen LogP contribution is 2.33. The predicted molar refractivity (Wildman–Crippen MR) is 120 cm³/mol. The first-order valence-corrected chi connectivity index (χ1v) is 10.8. The van der Waals surface area contributed by atoms with Crippen LogP contribution in [0.4, 0.5) is 0 Å². The Morgan fingerprint density at radius 2 is 2.00 bits per heavy atom. The highest BCUT2D eigenvalue weighted by Gasteiger charge is 2.28. The maximum absolute atomic E-state index is 9.01. The zero-order chi connectivity index (χ0) is 21.8. The van der Waals surface area contributed by atoms with Gasteiger partial charge in [0.05, 0.1) is 23.9 Å². The number of aryl methyl sites for hydroxylation is 1. The van der Waals surface area contributed by atoms with Gasteiger partial charge in [0.15, 0.2) is 0 Å². The molecule has 6 nitrogen and oxygen atoms in total. The van der Waals surface area contributed by atoms with Crippen molar-refractivity contribution in [3.05, 3.63) is 70.3 Å². The van der Waals surface area contributed by atoms with Gasteiger partial charge >= 0.3 is 0 Å². The molecule has 0 unspecified atom stereocenters. The van der Waals surface area contributed by atoms with Crippen LogP contribution >= 0.6 is 0 Å². The summed E-state index contributed by atoms with van der Waals surface area (Å²) < 4.78 is 5.53. The van der Waals surface area contributed by atoms with E-state index in [1.165, 1.54) is 16.7 Å². The second kappa shape index (κ2) is 9.34. The van der Waals surface area contributed by atoms with E-state index in [9.17, 15) is 0 Å². The summed E-state index contributed by atoms with van der Waals surface area (Å²) in [7, 11) is 0. The predicted octanol–water partition coefficient (Wildman–Crippen LogP) is 3.79. The van der Waals surface area contributed by atoms with Gasteiger partial charge in [-0.3, -0.25) is 10.00 Å². The van der Waals surface area contributed by atoms with Crippen LogP contribution in [0.5, 0.6) is 5.88 Å². The third kappa shape index (κ3) is 4.48. The lowest BCUT2D eigenvalue weighted by Crippen LogP contribution is -2.44. The lowest BCUT2D eigenvalue weighted by molar-refractivity contribution is 0.139. The Hall–Kier alpha value is -3.14. The minimum Gasteiger partial charge on any atom is -0.474 e. The number of nitriles is 1. The summed E-state index contributed by atoms with van der Waals surface area (Å²) in [5.41, 5.74) is 7.66. The van der Waals surface area contributed by atoms with Crippen molar-refractivity contribution in [2.24, 2.45) is 0 Å². The summed E-state index contributed by atoms with van der Waals surface area (Å²) in [5.74, 6) is 1.08. The van der Waals surface area contributed by atoms with Crippen LogP contribution in [-0.2, 0) is 13.0 Å². The van der Waals surface area contributed by atoms with Gasteiger partial charge in [0.1, 0.15) is 6.61 Å². The molecule has 0 bridgehead atoms. The fourth-order valence-electron chi connectivity index (χ4n) is 4.19. The third-order valence-electron chi connectivity index (χ3n) is 5.99. The van der Waals surface area contributed by atoms with Crippen molar-refractivity contribution < 1.29 is 9.84 Å². The van der Waals surface area contributed by atoms with Gasteiger partial charge in [-0.15, -0.1) is 5.10 Å². The monoisotopic (exact) mass is 416 g/mol. The average molecular weight is 417 g/mol. The minimum absolute atomic E-state index is 0.0311. The number of aliphatic hydroxyl groups is 1. The smallest absolute Gasteiger partial charge is 0.236 e. The Kier molecular flexibility index (Phi) is 6.36. The van der Waals surface area contributed by atoms with Crippen molar-refractivity contribution in [1.82, 2.24) is 15.1 Å². The van der Waals surface area contributed by atoms with E-state index in [4.69, 9.17) is 15.1 Å². The molecule has 1 aliphatic heterocycles. The fraction of sp³-hybridized carbons (Fsp3) is 0.360. The molecule has 31 heavy (non-hydrogen) atoms. The molecule has 1 saturated heterocycles. The number of hydrogen-bond acceptors (Lipinski definition) is 5. The molecular formula is C25H28N4O2. The van der Waals surface area contributed by atoms with E-state index in [0.29, 0.717) is 17.4 Å². The molecule has 0 saturated carbocycles. The number of rotatable bonds is 8. The van der Waals surface area contributed by atoms with Gasteiger partial charge in [-0.05, 0) is 48.2 Å². The summed E-state index contributed by atoms with van der Waals surface area (Å²) in [5, 5.41) is 25.4. The van der Waals surface area contributed by atoms with Gasteiger partial charge in [0.2, 0.25) is 5.88 Å². The quantitative estimate of drug-likeness (QED) is 0.584. The highest BCUT2D eigenvalue weighted by molar-refractivity contribution is 5.69. The first kappa shape index (κ1) is 21.1. The van der Waals surface area contributed by atoms with E-state index in [2.05, 4.69) is 58.4 Å². The van der Waals surface area contributed by atoms with Crippen LogP contribution < -0.4 is 4.74 Å². The SMILES string of the molecule is CCc1ccc(CN2CC(c3ccc(C#N)cc3)C2)cc1-c1[nH]nc(OCCO)c1C. The second-order valence-electron chi connectivity index (χ2n) is 8.07. The van der Waals surface area contributed by atoms with Gasteiger partial charge < -0.3 is 9.84 Å². The summed E-state index contributed by atoms with van der Waals surface area (Å²) in [6, 6.07) is 16.8. The van der Waals surface area contributed by atoms with Crippen molar-refractivity contribution in [3.63, 3.8) is 0 Å². The summed E-state index contributed by atoms with van der Waals surface area (Å²) >= 11 is 0. The van der Waals surface area contributed by atoms with E-state index in [1.807, 2.05) is 19.1 Å². The molecule has 2 N–H and O–H groups in total. The van der Waals surface area contributed by atoms with Crippen LogP contribution in [0.1, 0.15) is 40.7 Å². The fourth-order valence-corrected chi connectivity index (χ4v) is 4.19. The van der Waals surface area contributed by atoms with Gasteiger partial charge in [0, 0.05) is 36.7 Å². The standard InChI is InChI=1S/C25H28N4O2/c1-3-20-7-6-19(12-23(20)24-17(2)25(28-27-24)31-11-10-30)14-29-15-22(16-29)21-8-4-18(13-26)5-9-21/h4-9,12,22,30H,3,10-11,14-16H2,1-2H3,(H,27,28). The van der Waals surface area contributed by atoms with Crippen LogP contribution in [0.3, 0.4) is 0 Å². The Morgan fingerprint density at radius 1 is 1.23 bits per heavy atom. The molecule has 0 aliphatic carbocycles. The van der Waals surface area contributed by atoms with E-state index < -0.39 is 0 Å². The molecule has 160 valence electrons. The molecule has 2 heterocycles. The minimum atomic E-state index is -0.0311. The molecular weight excluding hydrogens is 388 g/mol. The normalized spacial score (nSPS) is 14.3. The molecule has 1 fully saturated rings. The maximum atomic E-state index is 9.01. The first-order chi connectivity index (χ1) is 15.1. The Bertz CT molecular complexity index is 1080. The molecule has 0 atom stereocenters. The van der Waals surface area contributed by atoms with Crippen molar-refractivity contribution in [1.29, 1.82) is 5.26 Å². The van der Waals surface area contributed by atoms with Gasteiger partial charge in [-0.25, -0.2) is 0 Å². The highest BCUT2D eigenvalue weighted by atomic mass is 16.5. The number of aliphatic hydroxyl groups excluding tert-OH is 1. The number of benzene rings is 2. The lowest BCUT2D eigenvalue weighted by atomic mass is 9.90. The lowest BCUT2D eigenvalue weighted by Gasteiger charge is -2.39. The summed E-state index contributed by atoms with van der Waals surface area (Å²) in [4.78, 5) is 2.45. The molecule has 3 aromatic rings. The maximum Gasteiger partial charge on any atom is 0.236 e. The number of aromatic amines is 1. The number of nitrogens with one attached hydrogen (secondary N) is 1. The summed E-state index contributed by atoms with van der Waals surface area (Å²) in [6.07, 6.45) is 0.936. The topological polar surface area (TPSA) is 85.2 Å². The largest absolute Gasteiger partial charge is 0.474 e. The molecule has 6 heteroatoms. The van der Waals surface area contributed by atoms with Gasteiger partial charge in [-0.1, -0.05) is 31.2 Å². The van der Waals surface area contributed by atoms with Gasteiger partial charge in [-0.2, -0.15) is 5.26 Å². The number of hydrogen-bond donors (Lipinski definition) is 2. The average Bonchev–Trinajstić information content (AvgIpc) is 3.14. The Labute approximate surface area is 183 Å². The number of nitrogens with zero attached hydrogens (tertiary/aromatic N) is 3. The van der Waals surface area contributed by atoms with Crippen LogP contribution in [0.15, 0.2) is 42.5 Å². The van der Waals surface area contributed by atoms with Crippen molar-refractivity contribution >= 4 is 0 Å². The van der Waals surface area contributed by atoms with E-state index in [-0.39, 0.29) is 13.2 Å². The van der Waals surface area contributed by atoms with Crippen molar-refractivity contribution in [3.8, 4) is 23.2 Å². The van der Waals surface area contributed by atoms with Crippen LogP contribution in [0, 0.1) is 18.3 Å². The van der Waals surface area contributed by atoms with Crippen molar-refractivity contribution in [2.45, 2.75) is 32.7 Å².